The van der Waals surface area contributed by atoms with Crippen LogP contribution < -0.4 is 15.4 Å². The lowest BCUT2D eigenvalue weighted by Gasteiger charge is -2.35. The van der Waals surface area contributed by atoms with Gasteiger partial charge in [-0.05, 0) is 11.1 Å². The van der Waals surface area contributed by atoms with Crippen molar-refractivity contribution < 1.29 is 9.53 Å². The summed E-state index contributed by atoms with van der Waals surface area (Å²) in [5, 5.41) is 0. The number of amides is 1. The Labute approximate surface area is 122 Å². The first kappa shape index (κ1) is 13.4. The van der Waals surface area contributed by atoms with E-state index in [2.05, 4.69) is 9.97 Å². The van der Waals surface area contributed by atoms with Crippen LogP contribution in [0.5, 0.6) is 5.88 Å². The monoisotopic (exact) mass is 284 g/mol. The van der Waals surface area contributed by atoms with Crippen molar-refractivity contribution in [1.29, 1.82) is 0 Å². The van der Waals surface area contributed by atoms with E-state index < -0.39 is 6.04 Å². The van der Waals surface area contributed by atoms with Gasteiger partial charge in [0.1, 0.15) is 6.04 Å². The summed E-state index contributed by atoms with van der Waals surface area (Å²) >= 11 is 0. The second-order valence-electron chi connectivity index (χ2n) is 4.92. The quantitative estimate of drug-likeness (QED) is 0.905. The third kappa shape index (κ3) is 2.52. The van der Waals surface area contributed by atoms with E-state index in [1.54, 1.807) is 19.4 Å². The number of fused-ring (bicyclic) bond motifs is 1. The molecule has 0 saturated carbocycles. The van der Waals surface area contributed by atoms with Gasteiger partial charge in [-0.25, -0.2) is 4.98 Å². The molecule has 1 aliphatic heterocycles. The van der Waals surface area contributed by atoms with Crippen LogP contribution in [-0.4, -0.2) is 29.0 Å². The molecule has 108 valence electrons. The molecule has 0 saturated heterocycles. The Morgan fingerprint density at radius 3 is 2.81 bits per heavy atom. The highest BCUT2D eigenvalue weighted by Gasteiger charge is 2.31. The smallest absolute Gasteiger partial charge is 0.240 e. The van der Waals surface area contributed by atoms with E-state index in [9.17, 15) is 4.79 Å². The summed E-state index contributed by atoms with van der Waals surface area (Å²) in [6, 6.07) is 9.23. The van der Waals surface area contributed by atoms with E-state index in [1.807, 2.05) is 29.2 Å². The minimum atomic E-state index is -0.452. The molecular weight excluding hydrogens is 268 g/mol. The molecule has 0 radical (unpaired) electrons. The van der Waals surface area contributed by atoms with E-state index in [0.717, 1.165) is 11.1 Å². The summed E-state index contributed by atoms with van der Waals surface area (Å²) in [5.41, 5.74) is 7.85. The molecule has 0 aliphatic carbocycles. The number of hydrogen-bond donors (Lipinski definition) is 1. The molecule has 1 aromatic heterocycles. The van der Waals surface area contributed by atoms with Crippen LogP contribution in [0.4, 0.5) is 5.95 Å². The number of aromatic nitrogens is 2. The fraction of sp³-hybridized carbons (Fsp3) is 0.267. The minimum Gasteiger partial charge on any atom is -0.481 e. The summed E-state index contributed by atoms with van der Waals surface area (Å²) in [6.45, 7) is 0.553. The molecule has 6 heteroatoms. The predicted octanol–water partition coefficient (Wildman–Crippen LogP) is 0.902. The number of methoxy groups -OCH3 is 1. The maximum Gasteiger partial charge on any atom is 0.240 e. The van der Waals surface area contributed by atoms with Gasteiger partial charge in [0, 0.05) is 25.2 Å². The number of hydrogen-bond acceptors (Lipinski definition) is 5. The summed E-state index contributed by atoms with van der Waals surface area (Å²) in [7, 11) is 1.54. The van der Waals surface area contributed by atoms with Crippen molar-refractivity contribution in [3.8, 4) is 5.88 Å². The lowest BCUT2D eigenvalue weighted by atomic mass is 9.94. The molecule has 2 aromatic rings. The zero-order chi connectivity index (χ0) is 14.8. The topological polar surface area (TPSA) is 81.3 Å². The van der Waals surface area contributed by atoms with Gasteiger partial charge < -0.3 is 15.4 Å². The molecule has 0 unspecified atom stereocenters. The van der Waals surface area contributed by atoms with Crippen LogP contribution in [-0.2, 0) is 17.8 Å². The fourth-order valence-corrected chi connectivity index (χ4v) is 2.57. The van der Waals surface area contributed by atoms with Crippen LogP contribution in [0, 0.1) is 0 Å². The molecule has 0 bridgehead atoms. The second kappa shape index (κ2) is 5.40. The van der Waals surface area contributed by atoms with Crippen LogP contribution in [0.15, 0.2) is 36.5 Å². The van der Waals surface area contributed by atoms with Gasteiger partial charge in [0.05, 0.1) is 7.11 Å². The van der Waals surface area contributed by atoms with E-state index >= 15 is 0 Å². The SMILES string of the molecule is COc1ccnc(N2Cc3ccccc3C[C@@H]2C(N)=O)n1. The highest BCUT2D eigenvalue weighted by Crippen LogP contribution is 2.26. The second-order valence-corrected chi connectivity index (χ2v) is 4.92. The van der Waals surface area contributed by atoms with E-state index in [0.29, 0.717) is 24.8 Å². The van der Waals surface area contributed by atoms with Crippen molar-refractivity contribution >= 4 is 11.9 Å². The zero-order valence-electron chi connectivity index (χ0n) is 11.7. The molecule has 1 aliphatic rings. The van der Waals surface area contributed by atoms with Gasteiger partial charge in [0.2, 0.25) is 17.7 Å². The Balaban J connectivity index is 2.01. The van der Waals surface area contributed by atoms with Crippen molar-refractivity contribution in [2.24, 2.45) is 5.73 Å². The number of benzene rings is 1. The Hall–Kier alpha value is -2.63. The fourth-order valence-electron chi connectivity index (χ4n) is 2.57. The third-order valence-electron chi connectivity index (χ3n) is 3.66. The van der Waals surface area contributed by atoms with Crippen molar-refractivity contribution in [3.05, 3.63) is 47.7 Å². The predicted molar refractivity (Wildman–Crippen MR) is 77.9 cm³/mol. The standard InChI is InChI=1S/C15H16N4O2/c1-21-13-6-7-17-15(18-13)19-9-11-5-3-2-4-10(11)8-12(19)14(16)20/h2-7,12H,8-9H2,1H3,(H2,16,20)/t12-/m1/s1. The van der Waals surface area contributed by atoms with Gasteiger partial charge in [0.15, 0.2) is 0 Å². The highest BCUT2D eigenvalue weighted by molar-refractivity contribution is 5.84. The Morgan fingerprint density at radius 2 is 2.10 bits per heavy atom. The number of primary amides is 1. The van der Waals surface area contributed by atoms with Crippen molar-refractivity contribution in [2.45, 2.75) is 19.0 Å². The molecule has 3 rings (SSSR count). The van der Waals surface area contributed by atoms with Gasteiger partial charge in [0.25, 0.3) is 0 Å². The molecular formula is C15H16N4O2. The molecule has 1 aromatic carbocycles. The Morgan fingerprint density at radius 1 is 1.33 bits per heavy atom. The first-order chi connectivity index (χ1) is 10.2. The van der Waals surface area contributed by atoms with Gasteiger partial charge in [-0.3, -0.25) is 4.79 Å². The molecule has 2 heterocycles. The number of carbonyl (C=O) groups excluding carboxylic acids is 1. The summed E-state index contributed by atoms with van der Waals surface area (Å²) in [4.78, 5) is 22.2. The van der Waals surface area contributed by atoms with Crippen LogP contribution in [0.25, 0.3) is 0 Å². The minimum absolute atomic E-state index is 0.379. The maximum absolute atomic E-state index is 11.8. The number of rotatable bonds is 3. The van der Waals surface area contributed by atoms with Crippen molar-refractivity contribution in [3.63, 3.8) is 0 Å². The Bertz CT molecular complexity index is 674. The van der Waals surface area contributed by atoms with Gasteiger partial charge in [-0.1, -0.05) is 24.3 Å². The Kier molecular flexibility index (Phi) is 3.43. The molecule has 2 N–H and O–H groups in total. The van der Waals surface area contributed by atoms with Crippen LogP contribution >= 0.6 is 0 Å². The van der Waals surface area contributed by atoms with E-state index in [4.69, 9.17) is 10.5 Å². The molecule has 21 heavy (non-hydrogen) atoms. The number of nitrogens with zero attached hydrogens (tertiary/aromatic N) is 3. The molecule has 0 fully saturated rings. The van der Waals surface area contributed by atoms with Crippen LogP contribution in [0.2, 0.25) is 0 Å². The van der Waals surface area contributed by atoms with Gasteiger partial charge in [-0.15, -0.1) is 0 Å². The molecule has 1 atom stereocenters. The highest BCUT2D eigenvalue weighted by atomic mass is 16.5. The number of ether oxygens (including phenoxy) is 1. The first-order valence-corrected chi connectivity index (χ1v) is 6.69. The summed E-state index contributed by atoms with van der Waals surface area (Å²) in [5.74, 6) is 0.533. The maximum atomic E-state index is 11.8. The molecule has 6 nitrogen and oxygen atoms in total. The largest absolute Gasteiger partial charge is 0.481 e. The van der Waals surface area contributed by atoms with Crippen LogP contribution in [0.3, 0.4) is 0 Å². The van der Waals surface area contributed by atoms with E-state index in [1.165, 1.54) is 0 Å². The number of anilines is 1. The summed E-state index contributed by atoms with van der Waals surface area (Å²) in [6.07, 6.45) is 2.17. The van der Waals surface area contributed by atoms with Gasteiger partial charge in [-0.2, -0.15) is 4.98 Å². The molecule has 0 spiro atoms. The third-order valence-corrected chi connectivity index (χ3v) is 3.66. The zero-order valence-corrected chi connectivity index (χ0v) is 11.7. The number of nitrogens with two attached hydrogens (primary N) is 1. The lowest BCUT2D eigenvalue weighted by molar-refractivity contribution is -0.119. The normalized spacial score (nSPS) is 17.2. The van der Waals surface area contributed by atoms with Crippen LogP contribution in [0.1, 0.15) is 11.1 Å². The summed E-state index contributed by atoms with van der Waals surface area (Å²) < 4.78 is 5.12. The number of carbonyl (C=O) groups is 1. The average molecular weight is 284 g/mol. The van der Waals surface area contributed by atoms with E-state index in [-0.39, 0.29) is 5.91 Å². The molecule has 1 amide bonds. The average Bonchev–Trinajstić information content (AvgIpc) is 2.53. The van der Waals surface area contributed by atoms with Crippen molar-refractivity contribution in [2.75, 3.05) is 12.0 Å². The van der Waals surface area contributed by atoms with Crippen molar-refractivity contribution in [1.82, 2.24) is 9.97 Å². The van der Waals surface area contributed by atoms with Gasteiger partial charge >= 0.3 is 0 Å². The first-order valence-electron chi connectivity index (χ1n) is 6.69. The lowest BCUT2D eigenvalue weighted by Crippen LogP contribution is -2.49.